The minimum Gasteiger partial charge on any atom is -0.481 e. The van der Waals surface area contributed by atoms with Gasteiger partial charge in [0.05, 0.1) is 5.92 Å². The highest BCUT2D eigenvalue weighted by Crippen LogP contribution is 2.35. The number of carbonyl (C=O) groups is 2. The van der Waals surface area contributed by atoms with Crippen LogP contribution in [-0.2, 0) is 9.59 Å². The Hall–Kier alpha value is -1.84. The summed E-state index contributed by atoms with van der Waals surface area (Å²) in [6.07, 6.45) is 2.88. The van der Waals surface area contributed by atoms with Crippen LogP contribution in [0.3, 0.4) is 0 Å². The Labute approximate surface area is 124 Å². The van der Waals surface area contributed by atoms with E-state index in [4.69, 9.17) is 5.11 Å². The van der Waals surface area contributed by atoms with Crippen LogP contribution in [0.4, 0.5) is 0 Å². The summed E-state index contributed by atoms with van der Waals surface area (Å²) >= 11 is 0. The van der Waals surface area contributed by atoms with Gasteiger partial charge in [-0.1, -0.05) is 30.3 Å². The van der Waals surface area contributed by atoms with Crippen molar-refractivity contribution in [3.05, 3.63) is 35.9 Å². The molecule has 3 atom stereocenters. The van der Waals surface area contributed by atoms with E-state index < -0.39 is 5.97 Å². The van der Waals surface area contributed by atoms with Crippen molar-refractivity contribution < 1.29 is 14.7 Å². The fourth-order valence-electron chi connectivity index (χ4n) is 3.65. The van der Waals surface area contributed by atoms with Crippen LogP contribution in [0.5, 0.6) is 0 Å². The van der Waals surface area contributed by atoms with Crippen molar-refractivity contribution >= 4 is 11.9 Å². The molecule has 4 nitrogen and oxygen atoms in total. The Bertz CT molecular complexity index is 528. The Morgan fingerprint density at radius 3 is 2.43 bits per heavy atom. The molecule has 0 spiro atoms. The minimum absolute atomic E-state index is 0.0828. The number of carboxylic acid groups (broad SMARTS) is 1. The van der Waals surface area contributed by atoms with E-state index in [0.29, 0.717) is 18.8 Å². The number of carboxylic acids is 1. The molecule has 0 bridgehead atoms. The van der Waals surface area contributed by atoms with Crippen LogP contribution < -0.4 is 0 Å². The molecule has 3 unspecified atom stereocenters. The molecule has 1 amide bonds. The molecule has 21 heavy (non-hydrogen) atoms. The standard InChI is InChI=1S/C17H21NO3/c19-16(13-6-7-14(10-13)17(20)21)18-9-8-15(11-18)12-4-2-1-3-5-12/h1-5,13-15H,6-11H2,(H,20,21). The largest absolute Gasteiger partial charge is 0.481 e. The van der Waals surface area contributed by atoms with Crippen molar-refractivity contribution in [3.63, 3.8) is 0 Å². The number of likely N-dealkylation sites (tertiary alicyclic amines) is 1. The van der Waals surface area contributed by atoms with Crippen LogP contribution in [0.25, 0.3) is 0 Å². The fraction of sp³-hybridized carbons (Fsp3) is 0.529. The van der Waals surface area contributed by atoms with Crippen LogP contribution >= 0.6 is 0 Å². The molecule has 112 valence electrons. The van der Waals surface area contributed by atoms with E-state index in [1.165, 1.54) is 5.56 Å². The smallest absolute Gasteiger partial charge is 0.306 e. The summed E-state index contributed by atoms with van der Waals surface area (Å²) < 4.78 is 0. The number of carbonyl (C=O) groups excluding carboxylic acids is 1. The molecule has 3 rings (SSSR count). The van der Waals surface area contributed by atoms with Crippen molar-refractivity contribution in [1.82, 2.24) is 4.90 Å². The summed E-state index contributed by atoms with van der Waals surface area (Å²) in [5, 5.41) is 9.04. The lowest BCUT2D eigenvalue weighted by Crippen LogP contribution is -2.33. The maximum atomic E-state index is 12.5. The highest BCUT2D eigenvalue weighted by molar-refractivity contribution is 5.81. The van der Waals surface area contributed by atoms with E-state index in [0.717, 1.165) is 25.9 Å². The summed E-state index contributed by atoms with van der Waals surface area (Å²) in [4.78, 5) is 25.5. The zero-order valence-electron chi connectivity index (χ0n) is 12.1. The molecule has 2 aliphatic rings. The molecule has 4 heteroatoms. The number of hydrogen-bond donors (Lipinski definition) is 1. The summed E-state index contributed by atoms with van der Waals surface area (Å²) in [5.41, 5.74) is 1.29. The van der Waals surface area contributed by atoms with Gasteiger partial charge in [-0.3, -0.25) is 9.59 Å². The first-order valence-electron chi connectivity index (χ1n) is 7.71. The van der Waals surface area contributed by atoms with Gasteiger partial charge in [-0.05, 0) is 31.2 Å². The number of hydrogen-bond acceptors (Lipinski definition) is 2. The Balaban J connectivity index is 1.59. The topological polar surface area (TPSA) is 57.6 Å². The molecule has 0 radical (unpaired) electrons. The molecule has 1 aromatic carbocycles. The zero-order chi connectivity index (χ0) is 14.8. The van der Waals surface area contributed by atoms with Gasteiger partial charge in [-0.15, -0.1) is 0 Å². The van der Waals surface area contributed by atoms with Gasteiger partial charge in [0.2, 0.25) is 5.91 Å². The average Bonchev–Trinajstić information content (AvgIpc) is 3.17. The predicted molar refractivity (Wildman–Crippen MR) is 78.8 cm³/mol. The van der Waals surface area contributed by atoms with Crippen molar-refractivity contribution in [1.29, 1.82) is 0 Å². The minimum atomic E-state index is -0.756. The maximum Gasteiger partial charge on any atom is 0.306 e. The molecule has 2 fully saturated rings. The van der Waals surface area contributed by atoms with E-state index in [2.05, 4.69) is 12.1 Å². The number of nitrogens with zero attached hydrogens (tertiary/aromatic N) is 1. The van der Waals surface area contributed by atoms with Crippen molar-refractivity contribution in [3.8, 4) is 0 Å². The number of aliphatic carboxylic acids is 1. The number of benzene rings is 1. The Morgan fingerprint density at radius 1 is 1.05 bits per heavy atom. The molecular formula is C17H21NO3. The van der Waals surface area contributed by atoms with Gasteiger partial charge in [-0.25, -0.2) is 0 Å². The van der Waals surface area contributed by atoms with Gasteiger partial charge in [0, 0.05) is 24.9 Å². The lowest BCUT2D eigenvalue weighted by molar-refractivity contribution is -0.141. The Morgan fingerprint density at radius 2 is 1.76 bits per heavy atom. The van der Waals surface area contributed by atoms with Crippen molar-refractivity contribution in [2.24, 2.45) is 11.8 Å². The van der Waals surface area contributed by atoms with Gasteiger partial charge in [0.1, 0.15) is 0 Å². The summed E-state index contributed by atoms with van der Waals surface area (Å²) in [6.45, 7) is 1.57. The highest BCUT2D eigenvalue weighted by atomic mass is 16.4. The van der Waals surface area contributed by atoms with E-state index in [1.807, 2.05) is 23.1 Å². The number of rotatable bonds is 3. The predicted octanol–water partition coefficient (Wildman–Crippen LogP) is 2.50. The van der Waals surface area contributed by atoms with Crippen LogP contribution in [-0.4, -0.2) is 35.0 Å². The van der Waals surface area contributed by atoms with Gasteiger partial charge in [0.25, 0.3) is 0 Å². The quantitative estimate of drug-likeness (QED) is 0.929. The van der Waals surface area contributed by atoms with Gasteiger partial charge in [-0.2, -0.15) is 0 Å². The molecule has 1 saturated heterocycles. The van der Waals surface area contributed by atoms with E-state index >= 15 is 0 Å². The molecular weight excluding hydrogens is 266 g/mol. The van der Waals surface area contributed by atoms with Crippen LogP contribution in [0.2, 0.25) is 0 Å². The fourth-order valence-corrected chi connectivity index (χ4v) is 3.65. The third-order valence-electron chi connectivity index (χ3n) is 4.90. The third kappa shape index (κ3) is 2.94. The molecule has 1 aliphatic carbocycles. The number of amides is 1. The molecule has 1 saturated carbocycles. The zero-order valence-corrected chi connectivity index (χ0v) is 12.1. The second kappa shape index (κ2) is 5.88. The molecule has 1 heterocycles. The first kappa shape index (κ1) is 14.1. The SMILES string of the molecule is O=C(O)C1CCC(C(=O)N2CCC(c3ccccc3)C2)C1. The van der Waals surface area contributed by atoms with Gasteiger partial charge in [0.15, 0.2) is 0 Å². The van der Waals surface area contributed by atoms with E-state index in [-0.39, 0.29) is 17.7 Å². The van der Waals surface area contributed by atoms with Crippen molar-refractivity contribution in [2.45, 2.75) is 31.6 Å². The first-order valence-corrected chi connectivity index (χ1v) is 7.71. The highest BCUT2D eigenvalue weighted by Gasteiger charge is 2.37. The third-order valence-corrected chi connectivity index (χ3v) is 4.90. The van der Waals surface area contributed by atoms with E-state index in [1.54, 1.807) is 0 Å². The maximum absolute atomic E-state index is 12.5. The average molecular weight is 287 g/mol. The lowest BCUT2D eigenvalue weighted by atomic mass is 9.99. The second-order valence-electron chi connectivity index (χ2n) is 6.23. The summed E-state index contributed by atoms with van der Waals surface area (Å²) in [5.74, 6) is -0.579. The first-order chi connectivity index (χ1) is 10.1. The summed E-state index contributed by atoms with van der Waals surface area (Å²) in [7, 11) is 0. The van der Waals surface area contributed by atoms with Crippen molar-refractivity contribution in [2.75, 3.05) is 13.1 Å². The second-order valence-corrected chi connectivity index (χ2v) is 6.23. The Kier molecular flexibility index (Phi) is 3.95. The summed E-state index contributed by atoms with van der Waals surface area (Å²) in [6, 6.07) is 10.3. The van der Waals surface area contributed by atoms with E-state index in [9.17, 15) is 9.59 Å². The van der Waals surface area contributed by atoms with Crippen LogP contribution in [0.1, 0.15) is 37.2 Å². The van der Waals surface area contributed by atoms with Gasteiger partial charge < -0.3 is 10.0 Å². The molecule has 1 N–H and O–H groups in total. The molecule has 1 aromatic rings. The van der Waals surface area contributed by atoms with Crippen LogP contribution in [0.15, 0.2) is 30.3 Å². The van der Waals surface area contributed by atoms with Gasteiger partial charge >= 0.3 is 5.97 Å². The van der Waals surface area contributed by atoms with Crippen LogP contribution in [0, 0.1) is 11.8 Å². The normalized spacial score (nSPS) is 28.8. The molecule has 0 aromatic heterocycles. The monoisotopic (exact) mass is 287 g/mol. The lowest BCUT2D eigenvalue weighted by Gasteiger charge is -2.20. The molecule has 1 aliphatic heterocycles.